The summed E-state index contributed by atoms with van der Waals surface area (Å²) in [7, 11) is 0. The Morgan fingerprint density at radius 1 is 1.33 bits per heavy atom. The van der Waals surface area contributed by atoms with Crippen LogP contribution in [0.25, 0.3) is 0 Å². The molecule has 0 aromatic heterocycles. The van der Waals surface area contributed by atoms with E-state index in [4.69, 9.17) is 22.1 Å². The van der Waals surface area contributed by atoms with Crippen molar-refractivity contribution in [3.63, 3.8) is 0 Å². The zero-order valence-electron chi connectivity index (χ0n) is 11.6. The predicted molar refractivity (Wildman–Crippen MR) is 87.6 cm³/mol. The predicted octanol–water partition coefficient (Wildman–Crippen LogP) is 5.31. The minimum atomic E-state index is -0.332. The number of nitrogens with two attached hydrogens (primary N) is 1. The van der Waals surface area contributed by atoms with Gasteiger partial charge in [0.25, 0.3) is 0 Å². The first-order valence-electron chi connectivity index (χ1n) is 6.67. The van der Waals surface area contributed by atoms with E-state index in [1.807, 2.05) is 25.1 Å². The fourth-order valence-corrected chi connectivity index (χ4v) is 2.51. The second-order valence-electron chi connectivity index (χ2n) is 4.77. The number of benzene rings is 2. The highest BCUT2D eigenvalue weighted by Gasteiger charge is 2.13. The molecule has 0 heterocycles. The number of rotatable bonds is 5. The standard InChI is InChI=1S/C16H16BrClFNO/c1-2-10(20)8-12-14(18)4-3-5-16(12)21-11-6-7-15(19)13(17)9-11/h3-7,9-10H,2,8,20H2,1H3. The largest absolute Gasteiger partial charge is 0.457 e. The SMILES string of the molecule is CCC(N)Cc1c(Cl)cccc1Oc1ccc(F)c(Br)c1. The van der Waals surface area contributed by atoms with Gasteiger partial charge in [-0.05, 0) is 59.1 Å². The van der Waals surface area contributed by atoms with Crippen molar-refractivity contribution < 1.29 is 9.13 Å². The van der Waals surface area contributed by atoms with E-state index in [0.29, 0.717) is 27.4 Å². The van der Waals surface area contributed by atoms with Gasteiger partial charge in [0, 0.05) is 16.6 Å². The Bertz CT molecular complexity index is 636. The van der Waals surface area contributed by atoms with E-state index in [-0.39, 0.29) is 11.9 Å². The van der Waals surface area contributed by atoms with Gasteiger partial charge in [0.15, 0.2) is 0 Å². The highest BCUT2D eigenvalue weighted by atomic mass is 79.9. The molecule has 0 aliphatic carbocycles. The molecule has 0 aliphatic rings. The monoisotopic (exact) mass is 371 g/mol. The van der Waals surface area contributed by atoms with E-state index in [9.17, 15) is 4.39 Å². The Kier molecular flexibility index (Phi) is 5.62. The van der Waals surface area contributed by atoms with Gasteiger partial charge in [-0.15, -0.1) is 0 Å². The molecule has 5 heteroatoms. The lowest BCUT2D eigenvalue weighted by Gasteiger charge is -2.15. The zero-order chi connectivity index (χ0) is 15.4. The van der Waals surface area contributed by atoms with Gasteiger partial charge in [-0.25, -0.2) is 4.39 Å². The van der Waals surface area contributed by atoms with Gasteiger partial charge in [0.2, 0.25) is 0 Å². The highest BCUT2D eigenvalue weighted by Crippen LogP contribution is 2.33. The van der Waals surface area contributed by atoms with Gasteiger partial charge in [0.1, 0.15) is 17.3 Å². The smallest absolute Gasteiger partial charge is 0.137 e. The van der Waals surface area contributed by atoms with Crippen LogP contribution in [0.4, 0.5) is 4.39 Å². The molecule has 0 saturated carbocycles. The maximum Gasteiger partial charge on any atom is 0.137 e. The maximum atomic E-state index is 13.3. The first-order chi connectivity index (χ1) is 10.0. The lowest BCUT2D eigenvalue weighted by Crippen LogP contribution is -2.21. The van der Waals surface area contributed by atoms with Crippen molar-refractivity contribution in [1.29, 1.82) is 0 Å². The number of hydrogen-bond acceptors (Lipinski definition) is 2. The molecule has 0 radical (unpaired) electrons. The molecule has 0 bridgehead atoms. The first kappa shape index (κ1) is 16.3. The van der Waals surface area contributed by atoms with Crippen molar-refractivity contribution in [1.82, 2.24) is 0 Å². The van der Waals surface area contributed by atoms with Crippen LogP contribution >= 0.6 is 27.5 Å². The quantitative estimate of drug-likeness (QED) is 0.771. The Hall–Kier alpha value is -1.10. The summed E-state index contributed by atoms with van der Waals surface area (Å²) in [6.07, 6.45) is 1.49. The average Bonchev–Trinajstić information content (AvgIpc) is 2.46. The van der Waals surface area contributed by atoms with Crippen LogP contribution in [-0.4, -0.2) is 6.04 Å². The van der Waals surface area contributed by atoms with Gasteiger partial charge >= 0.3 is 0 Å². The van der Waals surface area contributed by atoms with Crippen LogP contribution in [0.15, 0.2) is 40.9 Å². The van der Waals surface area contributed by atoms with Crippen LogP contribution in [-0.2, 0) is 6.42 Å². The van der Waals surface area contributed by atoms with Gasteiger partial charge in [-0.1, -0.05) is 24.6 Å². The van der Waals surface area contributed by atoms with E-state index >= 15 is 0 Å². The van der Waals surface area contributed by atoms with Crippen molar-refractivity contribution in [3.8, 4) is 11.5 Å². The maximum absolute atomic E-state index is 13.3. The summed E-state index contributed by atoms with van der Waals surface area (Å²) < 4.78 is 19.4. The van der Waals surface area contributed by atoms with Gasteiger partial charge < -0.3 is 10.5 Å². The van der Waals surface area contributed by atoms with Crippen LogP contribution in [0.3, 0.4) is 0 Å². The minimum absolute atomic E-state index is 0.0206. The molecule has 2 nitrogen and oxygen atoms in total. The molecule has 0 spiro atoms. The molecular formula is C16H16BrClFNO. The first-order valence-corrected chi connectivity index (χ1v) is 7.84. The molecule has 1 atom stereocenters. The molecule has 2 aromatic rings. The van der Waals surface area contributed by atoms with E-state index < -0.39 is 0 Å². The van der Waals surface area contributed by atoms with Crippen molar-refractivity contribution in [2.45, 2.75) is 25.8 Å². The minimum Gasteiger partial charge on any atom is -0.457 e. The number of ether oxygens (including phenoxy) is 1. The van der Waals surface area contributed by atoms with Crippen LogP contribution in [0, 0.1) is 5.82 Å². The fourth-order valence-electron chi connectivity index (χ4n) is 1.91. The molecule has 2 N–H and O–H groups in total. The van der Waals surface area contributed by atoms with E-state index in [1.165, 1.54) is 6.07 Å². The van der Waals surface area contributed by atoms with Crippen molar-refractivity contribution in [2.75, 3.05) is 0 Å². The lowest BCUT2D eigenvalue weighted by molar-refractivity contribution is 0.469. The summed E-state index contributed by atoms with van der Waals surface area (Å²) >= 11 is 9.39. The number of halogens is 3. The fraction of sp³-hybridized carbons (Fsp3) is 0.250. The summed E-state index contributed by atoms with van der Waals surface area (Å²) in [5.41, 5.74) is 6.88. The Balaban J connectivity index is 2.30. The third-order valence-corrected chi connectivity index (χ3v) is 4.15. The van der Waals surface area contributed by atoms with Crippen LogP contribution < -0.4 is 10.5 Å². The van der Waals surface area contributed by atoms with E-state index in [0.717, 1.165) is 12.0 Å². The molecule has 2 aromatic carbocycles. The van der Waals surface area contributed by atoms with Gasteiger partial charge in [-0.3, -0.25) is 0 Å². The third kappa shape index (κ3) is 4.19. The van der Waals surface area contributed by atoms with E-state index in [1.54, 1.807) is 12.1 Å². The molecule has 2 rings (SSSR count). The molecule has 1 unspecified atom stereocenters. The topological polar surface area (TPSA) is 35.2 Å². The van der Waals surface area contributed by atoms with Crippen molar-refractivity contribution >= 4 is 27.5 Å². The van der Waals surface area contributed by atoms with Crippen LogP contribution in [0.1, 0.15) is 18.9 Å². The lowest BCUT2D eigenvalue weighted by atomic mass is 10.0. The van der Waals surface area contributed by atoms with Gasteiger partial charge in [0.05, 0.1) is 4.47 Å². The van der Waals surface area contributed by atoms with Crippen molar-refractivity contribution in [3.05, 3.63) is 57.3 Å². The van der Waals surface area contributed by atoms with Gasteiger partial charge in [-0.2, -0.15) is 0 Å². The highest BCUT2D eigenvalue weighted by molar-refractivity contribution is 9.10. The summed E-state index contributed by atoms with van der Waals surface area (Å²) in [6.45, 7) is 2.03. The molecule has 0 aliphatic heterocycles. The molecule has 112 valence electrons. The molecular weight excluding hydrogens is 357 g/mol. The van der Waals surface area contributed by atoms with Crippen molar-refractivity contribution in [2.24, 2.45) is 5.73 Å². The van der Waals surface area contributed by atoms with E-state index in [2.05, 4.69) is 15.9 Å². The third-order valence-electron chi connectivity index (χ3n) is 3.19. The number of hydrogen-bond donors (Lipinski definition) is 1. The Morgan fingerprint density at radius 2 is 2.10 bits per heavy atom. The summed E-state index contributed by atoms with van der Waals surface area (Å²) in [4.78, 5) is 0. The molecule has 0 saturated heterocycles. The second kappa shape index (κ2) is 7.25. The summed E-state index contributed by atoms with van der Waals surface area (Å²) in [5, 5.41) is 0.623. The normalized spacial score (nSPS) is 12.2. The average molecular weight is 373 g/mol. The summed E-state index contributed by atoms with van der Waals surface area (Å²) in [6, 6.07) is 9.99. The Morgan fingerprint density at radius 3 is 2.76 bits per heavy atom. The zero-order valence-corrected chi connectivity index (χ0v) is 13.9. The van der Waals surface area contributed by atoms with Crippen LogP contribution in [0.2, 0.25) is 5.02 Å². The molecule has 21 heavy (non-hydrogen) atoms. The molecule has 0 amide bonds. The Labute approximate surface area is 137 Å². The summed E-state index contributed by atoms with van der Waals surface area (Å²) in [5.74, 6) is 0.850. The van der Waals surface area contributed by atoms with Crippen LogP contribution in [0.5, 0.6) is 11.5 Å². The second-order valence-corrected chi connectivity index (χ2v) is 6.03. The molecule has 0 fully saturated rings.